The fourth-order valence-electron chi connectivity index (χ4n) is 2.22. The number of aryl methyl sites for hydroxylation is 1. The molecule has 0 radical (unpaired) electrons. The van der Waals surface area contributed by atoms with Crippen LogP contribution in [0.15, 0.2) is 17.7 Å². The zero-order valence-electron chi connectivity index (χ0n) is 10.0. The Morgan fingerprint density at radius 3 is 2.60 bits per heavy atom. The number of allylic oxidation sites excluding steroid dienone is 1. The molecule has 0 bridgehead atoms. The first-order valence-electron chi connectivity index (χ1n) is 5.52. The van der Waals surface area contributed by atoms with Crippen molar-refractivity contribution in [1.29, 1.82) is 0 Å². The third kappa shape index (κ3) is 2.02. The zero-order valence-corrected chi connectivity index (χ0v) is 11.0. The predicted molar refractivity (Wildman–Crippen MR) is 71.2 cm³/mol. The standard InChI is InChI=1S/C14H18Si/c1-10-7-13-11(2)5-6-12(9-15(3)4)14(13)8-10/h5-7,9H,8H2,1-4H3. The molecule has 0 fully saturated rings. The van der Waals surface area contributed by atoms with Crippen molar-refractivity contribution in [3.8, 4) is 0 Å². The number of benzene rings is 1. The Morgan fingerprint density at radius 2 is 1.93 bits per heavy atom. The molecule has 1 aromatic rings. The molecule has 0 aromatic heterocycles. The Hall–Kier alpha value is -0.953. The fourth-order valence-corrected chi connectivity index (χ4v) is 3.11. The molecule has 0 saturated carbocycles. The van der Waals surface area contributed by atoms with E-state index in [9.17, 15) is 0 Å². The maximum Gasteiger partial charge on any atom is 0.00400 e. The summed E-state index contributed by atoms with van der Waals surface area (Å²) < 4.78 is 0. The van der Waals surface area contributed by atoms with Gasteiger partial charge in [0.1, 0.15) is 0 Å². The minimum absolute atomic E-state index is 0.286. The third-order valence-corrected chi connectivity index (χ3v) is 3.79. The summed E-state index contributed by atoms with van der Waals surface area (Å²) >= 11 is 0. The topological polar surface area (TPSA) is 0 Å². The molecule has 1 heteroatoms. The molecule has 1 aliphatic carbocycles. The molecule has 0 aliphatic heterocycles. The van der Waals surface area contributed by atoms with Crippen molar-refractivity contribution in [2.75, 3.05) is 0 Å². The van der Waals surface area contributed by atoms with Gasteiger partial charge in [-0.05, 0) is 42.5 Å². The summed E-state index contributed by atoms with van der Waals surface area (Å²) in [4.78, 5) is 0. The molecule has 0 nitrogen and oxygen atoms in total. The molecule has 1 aliphatic rings. The molecule has 1 aromatic carbocycles. The highest BCUT2D eigenvalue weighted by molar-refractivity contribution is 6.65. The lowest BCUT2D eigenvalue weighted by Gasteiger charge is -2.08. The fraction of sp³-hybridized carbons (Fsp3) is 0.357. The first kappa shape index (κ1) is 10.6. The molecule has 0 saturated heterocycles. The van der Waals surface area contributed by atoms with Crippen molar-refractivity contribution in [1.82, 2.24) is 0 Å². The van der Waals surface area contributed by atoms with Crippen LogP contribution in [0.2, 0.25) is 13.1 Å². The highest BCUT2D eigenvalue weighted by Crippen LogP contribution is 2.29. The van der Waals surface area contributed by atoms with Gasteiger partial charge in [0.25, 0.3) is 0 Å². The predicted octanol–water partition coefficient (Wildman–Crippen LogP) is 3.44. The lowest BCUT2D eigenvalue weighted by atomic mass is 9.99. The van der Waals surface area contributed by atoms with E-state index < -0.39 is 0 Å². The molecule has 0 spiro atoms. The summed E-state index contributed by atoms with van der Waals surface area (Å²) in [6.07, 6.45) is 3.50. The van der Waals surface area contributed by atoms with Gasteiger partial charge in [-0.1, -0.05) is 42.5 Å². The Bertz CT molecular complexity index is 460. The van der Waals surface area contributed by atoms with Gasteiger partial charge in [-0.2, -0.15) is 0 Å². The molecule has 78 valence electrons. The van der Waals surface area contributed by atoms with Crippen LogP contribution < -0.4 is 0 Å². The van der Waals surface area contributed by atoms with Gasteiger partial charge in [-0.15, -0.1) is 0 Å². The second-order valence-electron chi connectivity index (χ2n) is 4.75. The summed E-state index contributed by atoms with van der Waals surface area (Å²) in [5.74, 6) is 0. The Kier molecular flexibility index (Phi) is 2.74. The number of hydrogen-bond donors (Lipinski definition) is 0. The van der Waals surface area contributed by atoms with Crippen LogP contribution in [-0.4, -0.2) is 14.1 Å². The van der Waals surface area contributed by atoms with Crippen LogP contribution in [0.4, 0.5) is 0 Å². The summed E-state index contributed by atoms with van der Waals surface area (Å²) in [6.45, 7) is 9.12. The smallest absolute Gasteiger partial charge is 0.00400 e. The highest BCUT2D eigenvalue weighted by atomic mass is 28.2. The van der Waals surface area contributed by atoms with Gasteiger partial charge in [-0.3, -0.25) is 0 Å². The number of rotatable bonds is 1. The van der Waals surface area contributed by atoms with Gasteiger partial charge in [0.05, 0.1) is 0 Å². The number of hydrogen-bond acceptors (Lipinski definition) is 0. The van der Waals surface area contributed by atoms with Crippen molar-refractivity contribution >= 4 is 20.2 Å². The summed E-state index contributed by atoms with van der Waals surface area (Å²) in [7, 11) is -0.286. The lowest BCUT2D eigenvalue weighted by molar-refractivity contribution is 1.18. The van der Waals surface area contributed by atoms with E-state index in [1.54, 1.807) is 5.56 Å². The SMILES string of the molecule is CC1=Cc2c(C)ccc(C=[Si](C)C)c2C1. The average Bonchev–Trinajstić information content (AvgIpc) is 2.52. The van der Waals surface area contributed by atoms with Crippen LogP contribution in [0.1, 0.15) is 29.2 Å². The highest BCUT2D eigenvalue weighted by Gasteiger charge is 2.14. The van der Waals surface area contributed by atoms with Crippen molar-refractivity contribution in [2.45, 2.75) is 33.4 Å². The second kappa shape index (κ2) is 3.90. The van der Waals surface area contributed by atoms with Gasteiger partial charge < -0.3 is 0 Å². The van der Waals surface area contributed by atoms with Crippen molar-refractivity contribution in [3.63, 3.8) is 0 Å². The Morgan fingerprint density at radius 1 is 1.20 bits per heavy atom. The van der Waals surface area contributed by atoms with E-state index >= 15 is 0 Å². The molecule has 0 N–H and O–H groups in total. The van der Waals surface area contributed by atoms with Crippen LogP contribution >= 0.6 is 0 Å². The van der Waals surface area contributed by atoms with Gasteiger partial charge >= 0.3 is 0 Å². The summed E-state index contributed by atoms with van der Waals surface area (Å²) in [5, 5.41) is 0. The minimum atomic E-state index is -0.286. The third-order valence-electron chi connectivity index (χ3n) is 2.90. The summed E-state index contributed by atoms with van der Waals surface area (Å²) in [5.41, 5.74) is 9.88. The van der Waals surface area contributed by atoms with Crippen LogP contribution in [0.3, 0.4) is 0 Å². The molecule has 0 unspecified atom stereocenters. The second-order valence-corrected chi connectivity index (χ2v) is 7.20. The molecule has 2 rings (SSSR count). The zero-order chi connectivity index (χ0) is 11.0. The average molecular weight is 214 g/mol. The molecular weight excluding hydrogens is 196 g/mol. The maximum absolute atomic E-state index is 2.47. The molecule has 15 heavy (non-hydrogen) atoms. The van der Waals surface area contributed by atoms with Crippen LogP contribution in [-0.2, 0) is 6.42 Å². The van der Waals surface area contributed by atoms with Gasteiger partial charge in [-0.25, -0.2) is 0 Å². The first-order chi connectivity index (χ1) is 7.08. The molecule has 0 heterocycles. The van der Waals surface area contributed by atoms with Crippen molar-refractivity contribution in [2.24, 2.45) is 0 Å². The molecule has 0 atom stereocenters. The monoisotopic (exact) mass is 214 g/mol. The normalized spacial score (nSPS) is 13.5. The van der Waals surface area contributed by atoms with E-state index in [4.69, 9.17) is 0 Å². The van der Waals surface area contributed by atoms with E-state index in [0.29, 0.717) is 0 Å². The van der Waals surface area contributed by atoms with Crippen LogP contribution in [0.5, 0.6) is 0 Å². The Labute approximate surface area is 93.9 Å². The van der Waals surface area contributed by atoms with Gasteiger partial charge in [0, 0.05) is 8.41 Å². The Balaban J connectivity index is 2.57. The van der Waals surface area contributed by atoms with E-state index in [1.807, 2.05) is 0 Å². The number of fused-ring (bicyclic) bond motifs is 1. The van der Waals surface area contributed by atoms with E-state index in [0.717, 1.165) is 6.42 Å². The van der Waals surface area contributed by atoms with E-state index in [1.165, 1.54) is 22.3 Å². The molecule has 0 amide bonds. The van der Waals surface area contributed by atoms with Gasteiger partial charge in [0.2, 0.25) is 0 Å². The van der Waals surface area contributed by atoms with Crippen LogP contribution in [0, 0.1) is 6.92 Å². The van der Waals surface area contributed by atoms with Crippen molar-refractivity contribution < 1.29 is 0 Å². The minimum Gasteiger partial charge on any atom is -0.0749 e. The molecular formula is C14H18Si. The van der Waals surface area contributed by atoms with Gasteiger partial charge in [0.15, 0.2) is 0 Å². The summed E-state index contributed by atoms with van der Waals surface area (Å²) in [6, 6.07) is 4.54. The largest absolute Gasteiger partial charge is 0.0749 e. The maximum atomic E-state index is 2.47. The van der Waals surface area contributed by atoms with E-state index in [2.05, 4.69) is 50.8 Å². The van der Waals surface area contributed by atoms with E-state index in [-0.39, 0.29) is 8.41 Å². The quantitative estimate of drug-likeness (QED) is 0.628. The van der Waals surface area contributed by atoms with Crippen LogP contribution in [0.25, 0.3) is 6.08 Å². The first-order valence-corrected chi connectivity index (χ1v) is 8.10. The lowest BCUT2D eigenvalue weighted by Crippen LogP contribution is -2.00. The van der Waals surface area contributed by atoms with Crippen molar-refractivity contribution in [3.05, 3.63) is 40.0 Å².